The molecule has 0 aromatic rings. The Kier molecular flexibility index (Phi) is 2.77. The van der Waals surface area contributed by atoms with Crippen LogP contribution in [0.4, 0.5) is 0 Å². The van der Waals surface area contributed by atoms with Gasteiger partial charge in [-0.2, -0.15) is 0 Å². The highest BCUT2D eigenvalue weighted by atomic mass is 16.3. The van der Waals surface area contributed by atoms with E-state index in [-0.39, 0.29) is 11.5 Å². The predicted octanol–water partition coefficient (Wildman–Crippen LogP) is 4.48. The predicted molar refractivity (Wildman–Crippen MR) is 82.2 cm³/mol. The van der Waals surface area contributed by atoms with Crippen LogP contribution >= 0.6 is 0 Å². The number of fused-ring (bicyclic) bond motifs is 5. The van der Waals surface area contributed by atoms with Crippen molar-refractivity contribution in [1.82, 2.24) is 0 Å². The molecule has 0 spiro atoms. The van der Waals surface area contributed by atoms with Crippen molar-refractivity contribution in [2.45, 2.75) is 64.9 Å². The van der Waals surface area contributed by atoms with Gasteiger partial charge in [-0.25, -0.2) is 0 Å². The quantitative estimate of drug-likeness (QED) is 0.645. The first-order chi connectivity index (χ1) is 9.53. The lowest BCUT2D eigenvalue weighted by Crippen LogP contribution is -2.48. The van der Waals surface area contributed by atoms with Gasteiger partial charge in [0.05, 0.1) is 6.10 Å². The standard InChI is InChI=1S/C19H28O/c1-18-9-3-4-16(18)15-6-5-13-12-14(20)7-11-19(13,2)17(15)8-10-18/h7,11-12,14-17,20H,3-6,8-10H2,1-2H3/t14?,15?,16?,17?,18-,19-/m0/s1. The molecule has 3 fully saturated rings. The molecule has 0 heterocycles. The monoisotopic (exact) mass is 272 g/mol. The summed E-state index contributed by atoms with van der Waals surface area (Å²) in [6.07, 6.45) is 16.0. The molecule has 0 radical (unpaired) electrons. The average Bonchev–Trinajstić information content (AvgIpc) is 2.81. The van der Waals surface area contributed by atoms with Crippen molar-refractivity contribution in [2.24, 2.45) is 28.6 Å². The molecule has 1 N–H and O–H groups in total. The van der Waals surface area contributed by atoms with Crippen LogP contribution in [0.3, 0.4) is 0 Å². The average molecular weight is 272 g/mol. The van der Waals surface area contributed by atoms with Crippen LogP contribution in [0, 0.1) is 28.6 Å². The zero-order valence-electron chi connectivity index (χ0n) is 12.9. The van der Waals surface area contributed by atoms with E-state index in [1.54, 1.807) is 0 Å². The lowest BCUT2D eigenvalue weighted by Gasteiger charge is -2.56. The molecule has 0 saturated heterocycles. The van der Waals surface area contributed by atoms with E-state index in [1.807, 2.05) is 6.08 Å². The second kappa shape index (κ2) is 4.22. The number of allylic oxidation sites excluding steroid dienone is 2. The maximum absolute atomic E-state index is 9.89. The molecule has 0 aromatic carbocycles. The molecule has 3 saturated carbocycles. The van der Waals surface area contributed by atoms with Gasteiger partial charge in [-0.1, -0.05) is 44.1 Å². The Morgan fingerprint density at radius 3 is 2.80 bits per heavy atom. The Labute approximate surface area is 123 Å². The first-order valence-corrected chi connectivity index (χ1v) is 8.61. The van der Waals surface area contributed by atoms with Crippen molar-refractivity contribution in [3.8, 4) is 0 Å². The number of aliphatic hydroxyl groups is 1. The number of aliphatic hydroxyl groups excluding tert-OH is 1. The smallest absolute Gasteiger partial charge is 0.0905 e. The molecule has 4 unspecified atom stereocenters. The first-order valence-electron chi connectivity index (χ1n) is 8.61. The summed E-state index contributed by atoms with van der Waals surface area (Å²) < 4.78 is 0. The minimum absolute atomic E-state index is 0.242. The molecule has 6 atom stereocenters. The van der Waals surface area contributed by atoms with Crippen molar-refractivity contribution in [1.29, 1.82) is 0 Å². The fourth-order valence-electron chi connectivity index (χ4n) is 6.31. The molecule has 4 aliphatic rings. The molecule has 110 valence electrons. The SMILES string of the molecule is C[C@@]12CCCC1C1CCC3=CC(O)C=C[C@]3(C)C1CC2. The van der Waals surface area contributed by atoms with Crippen LogP contribution in [0.25, 0.3) is 0 Å². The van der Waals surface area contributed by atoms with Crippen LogP contribution in [-0.4, -0.2) is 11.2 Å². The summed E-state index contributed by atoms with van der Waals surface area (Å²) in [6.45, 7) is 5.00. The highest BCUT2D eigenvalue weighted by molar-refractivity contribution is 5.33. The summed E-state index contributed by atoms with van der Waals surface area (Å²) in [5.41, 5.74) is 2.42. The maximum atomic E-state index is 9.89. The van der Waals surface area contributed by atoms with Crippen LogP contribution < -0.4 is 0 Å². The van der Waals surface area contributed by atoms with Gasteiger partial charge in [-0.05, 0) is 61.7 Å². The molecule has 0 aliphatic heterocycles. The van der Waals surface area contributed by atoms with E-state index in [2.05, 4.69) is 26.0 Å². The van der Waals surface area contributed by atoms with Gasteiger partial charge in [0.15, 0.2) is 0 Å². The maximum Gasteiger partial charge on any atom is 0.0905 e. The van der Waals surface area contributed by atoms with Crippen LogP contribution in [0.1, 0.15) is 58.8 Å². The molecule has 0 amide bonds. The van der Waals surface area contributed by atoms with Crippen LogP contribution in [0.2, 0.25) is 0 Å². The highest BCUT2D eigenvalue weighted by Crippen LogP contribution is 2.64. The zero-order chi connectivity index (χ0) is 14.0. The molecule has 0 bridgehead atoms. The third kappa shape index (κ3) is 1.65. The van der Waals surface area contributed by atoms with E-state index in [0.717, 1.165) is 17.8 Å². The second-order valence-electron chi connectivity index (χ2n) is 8.32. The van der Waals surface area contributed by atoms with Gasteiger partial charge in [0.25, 0.3) is 0 Å². The summed E-state index contributed by atoms with van der Waals surface area (Å²) in [7, 11) is 0. The Morgan fingerprint density at radius 1 is 1.10 bits per heavy atom. The van der Waals surface area contributed by atoms with Gasteiger partial charge in [-0.3, -0.25) is 0 Å². The summed E-state index contributed by atoms with van der Waals surface area (Å²) in [5, 5.41) is 9.89. The van der Waals surface area contributed by atoms with Crippen molar-refractivity contribution < 1.29 is 5.11 Å². The fraction of sp³-hybridized carbons (Fsp3) is 0.789. The van der Waals surface area contributed by atoms with Crippen molar-refractivity contribution >= 4 is 0 Å². The Hall–Kier alpha value is -0.560. The molecule has 20 heavy (non-hydrogen) atoms. The van der Waals surface area contributed by atoms with E-state index in [0.29, 0.717) is 5.41 Å². The second-order valence-corrected chi connectivity index (χ2v) is 8.32. The van der Waals surface area contributed by atoms with Gasteiger partial charge < -0.3 is 5.11 Å². The largest absolute Gasteiger partial charge is 0.385 e. The lowest BCUT2D eigenvalue weighted by molar-refractivity contribution is -0.0163. The summed E-state index contributed by atoms with van der Waals surface area (Å²) >= 11 is 0. The normalized spacial score (nSPS) is 53.9. The highest BCUT2D eigenvalue weighted by Gasteiger charge is 2.55. The molecule has 4 aliphatic carbocycles. The summed E-state index contributed by atoms with van der Waals surface area (Å²) in [5.74, 6) is 2.72. The van der Waals surface area contributed by atoms with Crippen LogP contribution in [0.5, 0.6) is 0 Å². The third-order valence-corrected chi connectivity index (χ3v) is 7.44. The minimum Gasteiger partial charge on any atom is -0.385 e. The summed E-state index contributed by atoms with van der Waals surface area (Å²) in [4.78, 5) is 0. The Bertz CT molecular complexity index is 476. The van der Waals surface area contributed by atoms with E-state index < -0.39 is 0 Å². The molecule has 1 heteroatoms. The number of hydrogen-bond acceptors (Lipinski definition) is 1. The number of rotatable bonds is 0. The van der Waals surface area contributed by atoms with E-state index >= 15 is 0 Å². The Morgan fingerprint density at radius 2 is 1.95 bits per heavy atom. The topological polar surface area (TPSA) is 20.2 Å². The molecule has 1 nitrogen and oxygen atoms in total. The molecular formula is C19H28O. The molecular weight excluding hydrogens is 244 g/mol. The van der Waals surface area contributed by atoms with Crippen LogP contribution in [-0.2, 0) is 0 Å². The Balaban J connectivity index is 1.69. The zero-order valence-corrected chi connectivity index (χ0v) is 12.9. The van der Waals surface area contributed by atoms with Gasteiger partial charge in [-0.15, -0.1) is 0 Å². The molecule has 4 rings (SSSR count). The van der Waals surface area contributed by atoms with E-state index in [9.17, 15) is 5.11 Å². The number of hydrogen-bond donors (Lipinski definition) is 1. The molecule has 0 aromatic heterocycles. The van der Waals surface area contributed by atoms with Crippen molar-refractivity contribution in [3.63, 3.8) is 0 Å². The summed E-state index contributed by atoms with van der Waals surface area (Å²) in [6, 6.07) is 0. The third-order valence-electron chi connectivity index (χ3n) is 7.44. The fourth-order valence-corrected chi connectivity index (χ4v) is 6.31. The van der Waals surface area contributed by atoms with Gasteiger partial charge in [0, 0.05) is 5.41 Å². The minimum atomic E-state index is -0.338. The lowest BCUT2D eigenvalue weighted by atomic mass is 9.48. The van der Waals surface area contributed by atoms with Crippen molar-refractivity contribution in [2.75, 3.05) is 0 Å². The van der Waals surface area contributed by atoms with Gasteiger partial charge >= 0.3 is 0 Å². The van der Waals surface area contributed by atoms with Gasteiger partial charge in [0.1, 0.15) is 0 Å². The van der Waals surface area contributed by atoms with Crippen molar-refractivity contribution in [3.05, 3.63) is 23.8 Å². The van der Waals surface area contributed by atoms with E-state index in [4.69, 9.17) is 0 Å². The van der Waals surface area contributed by atoms with Crippen LogP contribution in [0.15, 0.2) is 23.8 Å². The first kappa shape index (κ1) is 13.1. The van der Waals surface area contributed by atoms with Gasteiger partial charge in [0.2, 0.25) is 0 Å². The van der Waals surface area contributed by atoms with E-state index in [1.165, 1.54) is 50.5 Å².